The van der Waals surface area contributed by atoms with E-state index in [1.54, 1.807) is 26.2 Å². The molecule has 0 aromatic heterocycles. The maximum atomic E-state index is 12.6. The number of methoxy groups -OCH3 is 1. The Morgan fingerprint density at radius 1 is 1.14 bits per heavy atom. The predicted molar refractivity (Wildman–Crippen MR) is 159 cm³/mol. The lowest BCUT2D eigenvalue weighted by Crippen LogP contribution is -2.06. The van der Waals surface area contributed by atoms with E-state index in [2.05, 4.69) is 45.6 Å². The van der Waals surface area contributed by atoms with Crippen LogP contribution in [0, 0.1) is 12.8 Å². The monoisotopic (exact) mass is 510 g/mol. The van der Waals surface area contributed by atoms with Gasteiger partial charge in [0.2, 0.25) is 0 Å². The quantitative estimate of drug-likeness (QED) is 0.114. The number of aliphatic hydroxyl groups is 2. The molecule has 37 heavy (non-hydrogen) atoms. The van der Waals surface area contributed by atoms with Crippen molar-refractivity contribution in [3.05, 3.63) is 82.7 Å². The topological polar surface area (TPSA) is 66.8 Å². The largest absolute Gasteiger partial charge is 0.508 e. The van der Waals surface area contributed by atoms with Gasteiger partial charge in [0, 0.05) is 6.61 Å². The molecular formula is C33H50O4. The van der Waals surface area contributed by atoms with Gasteiger partial charge < -0.3 is 14.9 Å². The molecule has 1 atom stereocenters. The zero-order valence-electron chi connectivity index (χ0n) is 24.5. The second-order valence-corrected chi connectivity index (χ2v) is 9.50. The molecule has 1 aromatic carbocycles. The minimum Gasteiger partial charge on any atom is -0.508 e. The highest BCUT2D eigenvalue weighted by molar-refractivity contribution is 6.10. The summed E-state index contributed by atoms with van der Waals surface area (Å²) in [5.41, 5.74) is 5.54. The van der Waals surface area contributed by atoms with Crippen LogP contribution in [0.1, 0.15) is 90.3 Å². The molecule has 0 aliphatic carbocycles. The first-order valence-corrected chi connectivity index (χ1v) is 13.4. The number of ketones is 1. The number of hydrogen-bond donors (Lipinski definition) is 2. The fourth-order valence-electron chi connectivity index (χ4n) is 3.93. The molecule has 2 N–H and O–H groups in total. The second-order valence-electron chi connectivity index (χ2n) is 9.50. The van der Waals surface area contributed by atoms with Gasteiger partial charge in [-0.2, -0.15) is 0 Å². The number of aryl methyl sites for hydroxylation is 1. The van der Waals surface area contributed by atoms with Gasteiger partial charge in [-0.3, -0.25) is 4.79 Å². The van der Waals surface area contributed by atoms with E-state index in [9.17, 15) is 9.90 Å². The molecule has 0 saturated heterocycles. The maximum absolute atomic E-state index is 12.6. The molecule has 0 bridgehead atoms. The van der Waals surface area contributed by atoms with Gasteiger partial charge in [0.05, 0.1) is 12.7 Å². The number of aliphatic hydroxyl groups excluding tert-OH is 2. The molecule has 1 rings (SSSR count). The van der Waals surface area contributed by atoms with Crippen LogP contribution in [-0.2, 0) is 11.2 Å². The SMILES string of the molecule is C=C(O)/C(=C/C)C(=O)/C=C(\C)c1cc(OC)c(C)cc1CC(C)/C(C)=C/C=C\C.CCCCCCCO. The Morgan fingerprint density at radius 2 is 1.78 bits per heavy atom. The van der Waals surface area contributed by atoms with E-state index in [1.165, 1.54) is 31.3 Å². The Kier molecular flexibility index (Phi) is 17.8. The van der Waals surface area contributed by atoms with Crippen molar-refractivity contribution in [1.29, 1.82) is 0 Å². The lowest BCUT2D eigenvalue weighted by molar-refractivity contribution is -0.111. The minimum absolute atomic E-state index is 0.212. The van der Waals surface area contributed by atoms with Gasteiger partial charge in [0.1, 0.15) is 11.5 Å². The highest BCUT2D eigenvalue weighted by Crippen LogP contribution is 2.31. The summed E-state index contributed by atoms with van der Waals surface area (Å²) in [4.78, 5) is 12.6. The summed E-state index contributed by atoms with van der Waals surface area (Å²) in [6.07, 6.45) is 16.3. The fourth-order valence-corrected chi connectivity index (χ4v) is 3.93. The second kappa shape index (κ2) is 19.3. The van der Waals surface area contributed by atoms with Crippen LogP contribution in [0.15, 0.2) is 66.0 Å². The van der Waals surface area contributed by atoms with Crippen LogP contribution in [0.5, 0.6) is 5.75 Å². The van der Waals surface area contributed by atoms with Crippen molar-refractivity contribution in [3.63, 3.8) is 0 Å². The van der Waals surface area contributed by atoms with Gasteiger partial charge in [-0.05, 0) is 87.8 Å². The number of carbonyl (C=O) groups is 1. The highest BCUT2D eigenvalue weighted by atomic mass is 16.5. The Balaban J connectivity index is 0.00000139. The van der Waals surface area contributed by atoms with Crippen LogP contribution in [0.25, 0.3) is 5.57 Å². The van der Waals surface area contributed by atoms with Crippen molar-refractivity contribution in [2.75, 3.05) is 13.7 Å². The number of rotatable bonds is 14. The van der Waals surface area contributed by atoms with Crippen LogP contribution >= 0.6 is 0 Å². The summed E-state index contributed by atoms with van der Waals surface area (Å²) in [5.74, 6) is 0.655. The first-order valence-electron chi connectivity index (χ1n) is 13.4. The molecule has 0 aliphatic rings. The summed E-state index contributed by atoms with van der Waals surface area (Å²) >= 11 is 0. The third kappa shape index (κ3) is 12.8. The summed E-state index contributed by atoms with van der Waals surface area (Å²) in [5, 5.41) is 18.0. The van der Waals surface area contributed by atoms with Gasteiger partial charge in [-0.1, -0.05) is 82.1 Å². The zero-order chi connectivity index (χ0) is 28.4. The molecule has 0 saturated carbocycles. The first kappa shape index (κ1) is 34.1. The Labute approximate surface area is 226 Å². The number of carbonyl (C=O) groups excluding carboxylic acids is 1. The number of unbranched alkanes of at least 4 members (excludes halogenated alkanes) is 4. The summed E-state index contributed by atoms with van der Waals surface area (Å²) in [7, 11) is 1.65. The maximum Gasteiger partial charge on any atom is 0.189 e. The molecule has 0 aliphatic heterocycles. The molecule has 0 amide bonds. The van der Waals surface area contributed by atoms with Gasteiger partial charge in [-0.15, -0.1) is 0 Å². The van der Waals surface area contributed by atoms with E-state index < -0.39 is 0 Å². The Bertz CT molecular complexity index is 970. The predicted octanol–water partition coefficient (Wildman–Crippen LogP) is 8.64. The standard InChI is InChI=1S/C26H34O3.C7H16O/c1-9-11-12-17(3)18(4)13-22-14-20(6)26(29-8)16-24(22)19(5)15-25(28)23(10-2)21(7)27;1-2-3-4-5-6-7-8/h9-12,14-16,18,27H,7,13H2,1-6,8H3;8H,2-7H2,1H3/b11-9-,17-12+,19-15+,23-10-;. The molecule has 0 fully saturated rings. The van der Waals surface area contributed by atoms with Crippen LogP contribution in [0.2, 0.25) is 0 Å². The molecule has 1 aromatic rings. The molecule has 206 valence electrons. The highest BCUT2D eigenvalue weighted by Gasteiger charge is 2.16. The Hall–Kier alpha value is -2.85. The smallest absolute Gasteiger partial charge is 0.189 e. The number of benzene rings is 1. The molecular weight excluding hydrogens is 460 g/mol. The van der Waals surface area contributed by atoms with Crippen LogP contribution in [-0.4, -0.2) is 29.7 Å². The molecule has 4 heteroatoms. The summed E-state index contributed by atoms with van der Waals surface area (Å²) in [6, 6.07) is 4.13. The third-order valence-electron chi connectivity index (χ3n) is 6.37. The number of allylic oxidation sites excluding steroid dienone is 8. The minimum atomic E-state index is -0.264. The van der Waals surface area contributed by atoms with E-state index in [0.717, 1.165) is 40.9 Å². The first-order chi connectivity index (χ1) is 17.6. The van der Waals surface area contributed by atoms with Crippen molar-refractivity contribution >= 4 is 11.4 Å². The zero-order valence-corrected chi connectivity index (χ0v) is 24.5. The van der Waals surface area contributed by atoms with Crippen molar-refractivity contribution in [3.8, 4) is 5.75 Å². The molecule has 0 radical (unpaired) electrons. The van der Waals surface area contributed by atoms with E-state index in [1.807, 2.05) is 32.9 Å². The third-order valence-corrected chi connectivity index (χ3v) is 6.37. The van der Waals surface area contributed by atoms with Crippen LogP contribution < -0.4 is 4.74 Å². The average molecular weight is 511 g/mol. The molecule has 0 spiro atoms. The molecule has 1 unspecified atom stereocenters. The fraction of sp³-hybridized carbons (Fsp3) is 0.485. The van der Waals surface area contributed by atoms with Gasteiger partial charge in [-0.25, -0.2) is 0 Å². The van der Waals surface area contributed by atoms with Crippen molar-refractivity contribution in [1.82, 2.24) is 0 Å². The van der Waals surface area contributed by atoms with Crippen LogP contribution in [0.4, 0.5) is 0 Å². The van der Waals surface area contributed by atoms with Gasteiger partial charge in [0.15, 0.2) is 5.78 Å². The van der Waals surface area contributed by atoms with E-state index in [0.29, 0.717) is 12.5 Å². The normalized spacial score (nSPS) is 13.3. The van der Waals surface area contributed by atoms with Crippen molar-refractivity contribution < 1.29 is 19.7 Å². The number of hydrogen-bond acceptors (Lipinski definition) is 4. The summed E-state index contributed by atoms with van der Waals surface area (Å²) < 4.78 is 5.51. The van der Waals surface area contributed by atoms with E-state index in [-0.39, 0.29) is 17.1 Å². The lowest BCUT2D eigenvalue weighted by atomic mass is 9.88. The van der Waals surface area contributed by atoms with E-state index >= 15 is 0 Å². The van der Waals surface area contributed by atoms with Crippen molar-refractivity contribution in [2.24, 2.45) is 5.92 Å². The van der Waals surface area contributed by atoms with Gasteiger partial charge >= 0.3 is 0 Å². The average Bonchev–Trinajstić information content (AvgIpc) is 2.85. The number of ether oxygens (including phenoxy) is 1. The Morgan fingerprint density at radius 3 is 2.30 bits per heavy atom. The molecule has 4 nitrogen and oxygen atoms in total. The summed E-state index contributed by atoms with van der Waals surface area (Å²) in [6.45, 7) is 18.0. The van der Waals surface area contributed by atoms with E-state index in [4.69, 9.17) is 9.84 Å². The molecule has 0 heterocycles. The lowest BCUT2D eigenvalue weighted by Gasteiger charge is -2.18. The van der Waals surface area contributed by atoms with Crippen molar-refractivity contribution in [2.45, 2.75) is 87.0 Å². The van der Waals surface area contributed by atoms with Crippen LogP contribution in [0.3, 0.4) is 0 Å². The van der Waals surface area contributed by atoms with Gasteiger partial charge in [0.25, 0.3) is 0 Å².